The van der Waals surface area contributed by atoms with E-state index in [4.69, 9.17) is 4.42 Å². The van der Waals surface area contributed by atoms with Crippen LogP contribution in [0.5, 0.6) is 0 Å². The summed E-state index contributed by atoms with van der Waals surface area (Å²) in [4.78, 5) is 11.7. The van der Waals surface area contributed by atoms with Gasteiger partial charge in [-0.15, -0.1) is 16.8 Å². The maximum absolute atomic E-state index is 11.7. The highest BCUT2D eigenvalue weighted by Crippen LogP contribution is 2.25. The summed E-state index contributed by atoms with van der Waals surface area (Å²) in [5.74, 6) is 0.362. The van der Waals surface area contributed by atoms with Crippen LogP contribution in [0.25, 0.3) is 11.5 Å². The highest BCUT2D eigenvalue weighted by atomic mass is 32.2. The molecule has 0 radical (unpaired) electrons. The Morgan fingerprint density at radius 3 is 2.90 bits per heavy atom. The Balaban J connectivity index is 1.99. The van der Waals surface area contributed by atoms with Gasteiger partial charge >= 0.3 is 0 Å². The van der Waals surface area contributed by atoms with Crippen LogP contribution in [0.15, 0.2) is 52.6 Å². The number of hydrogen-bond donors (Lipinski definition) is 1. The smallest absolute Gasteiger partial charge is 0.277 e. The zero-order valence-electron chi connectivity index (χ0n) is 11.1. The van der Waals surface area contributed by atoms with Crippen LogP contribution >= 0.6 is 11.8 Å². The first-order chi connectivity index (χ1) is 9.70. The molecule has 20 heavy (non-hydrogen) atoms. The Hall–Kier alpha value is -2.08. The minimum absolute atomic E-state index is 0.0886. The molecule has 0 aliphatic heterocycles. The van der Waals surface area contributed by atoms with Gasteiger partial charge in [0.1, 0.15) is 0 Å². The zero-order valence-corrected chi connectivity index (χ0v) is 11.9. The standard InChI is InChI=1S/C14H15N3O2S/c1-3-9-15-12(18)10(2)20-14-17-16-13(19-14)11-7-5-4-6-8-11/h3-8,10H,1,9H2,2H3,(H,15,18)/t10-/m0/s1. The molecule has 0 aliphatic rings. The molecule has 0 bridgehead atoms. The SMILES string of the molecule is C=CCNC(=O)[C@H](C)Sc1nnc(-c2ccccc2)o1. The van der Waals surface area contributed by atoms with E-state index in [1.807, 2.05) is 30.3 Å². The average Bonchev–Trinajstić information content (AvgIpc) is 2.94. The van der Waals surface area contributed by atoms with Crippen LogP contribution in [0.4, 0.5) is 0 Å². The predicted octanol–water partition coefficient (Wildman–Crippen LogP) is 2.52. The molecule has 0 spiro atoms. The van der Waals surface area contributed by atoms with Crippen molar-refractivity contribution in [1.29, 1.82) is 0 Å². The van der Waals surface area contributed by atoms with E-state index in [1.54, 1.807) is 13.0 Å². The summed E-state index contributed by atoms with van der Waals surface area (Å²) in [6.07, 6.45) is 1.63. The van der Waals surface area contributed by atoms with E-state index in [1.165, 1.54) is 11.8 Å². The molecule has 1 amide bonds. The molecule has 104 valence electrons. The van der Waals surface area contributed by atoms with Gasteiger partial charge in [-0.1, -0.05) is 36.0 Å². The molecule has 0 fully saturated rings. The van der Waals surface area contributed by atoms with E-state index < -0.39 is 0 Å². The number of benzene rings is 1. The summed E-state index contributed by atoms with van der Waals surface area (Å²) in [5, 5.41) is 10.7. The lowest BCUT2D eigenvalue weighted by molar-refractivity contribution is -0.120. The molecule has 1 aromatic carbocycles. The minimum atomic E-state index is -0.306. The maximum Gasteiger partial charge on any atom is 0.277 e. The van der Waals surface area contributed by atoms with Crippen molar-refractivity contribution in [3.63, 3.8) is 0 Å². The van der Waals surface area contributed by atoms with Crippen molar-refractivity contribution < 1.29 is 9.21 Å². The third-order valence-corrected chi connectivity index (χ3v) is 3.43. The second-order valence-electron chi connectivity index (χ2n) is 4.03. The number of nitrogens with one attached hydrogen (secondary N) is 1. The first-order valence-electron chi connectivity index (χ1n) is 6.15. The number of aromatic nitrogens is 2. The van der Waals surface area contributed by atoms with Crippen LogP contribution in [0, 0.1) is 0 Å². The van der Waals surface area contributed by atoms with Crippen molar-refractivity contribution in [1.82, 2.24) is 15.5 Å². The second kappa shape index (κ2) is 6.91. The monoisotopic (exact) mass is 289 g/mol. The van der Waals surface area contributed by atoms with Crippen LogP contribution in [0.3, 0.4) is 0 Å². The maximum atomic E-state index is 11.7. The van der Waals surface area contributed by atoms with Gasteiger partial charge in [0.05, 0.1) is 5.25 Å². The summed E-state index contributed by atoms with van der Waals surface area (Å²) in [6.45, 7) is 5.78. The lowest BCUT2D eigenvalue weighted by Gasteiger charge is -2.07. The van der Waals surface area contributed by atoms with Crippen molar-refractivity contribution in [2.24, 2.45) is 0 Å². The highest BCUT2D eigenvalue weighted by Gasteiger charge is 2.17. The average molecular weight is 289 g/mol. The number of hydrogen-bond acceptors (Lipinski definition) is 5. The van der Waals surface area contributed by atoms with Gasteiger partial charge in [0.2, 0.25) is 11.8 Å². The topological polar surface area (TPSA) is 68.0 Å². The van der Waals surface area contributed by atoms with Crippen molar-refractivity contribution in [2.45, 2.75) is 17.4 Å². The summed E-state index contributed by atoms with van der Waals surface area (Å²) in [7, 11) is 0. The Morgan fingerprint density at radius 2 is 2.20 bits per heavy atom. The molecule has 2 rings (SSSR count). The Kier molecular flexibility index (Phi) is 4.95. The molecular weight excluding hydrogens is 274 g/mol. The summed E-state index contributed by atoms with van der Waals surface area (Å²) < 4.78 is 5.54. The third-order valence-electron chi connectivity index (χ3n) is 2.49. The normalized spacial score (nSPS) is 11.8. The number of thioether (sulfide) groups is 1. The second-order valence-corrected chi connectivity index (χ2v) is 5.33. The van der Waals surface area contributed by atoms with Gasteiger partial charge in [-0.05, 0) is 19.1 Å². The van der Waals surface area contributed by atoms with Crippen molar-refractivity contribution in [3.05, 3.63) is 43.0 Å². The van der Waals surface area contributed by atoms with Crippen LogP contribution in [-0.2, 0) is 4.79 Å². The van der Waals surface area contributed by atoms with Crippen LogP contribution in [-0.4, -0.2) is 27.9 Å². The number of carbonyl (C=O) groups is 1. The van der Waals surface area contributed by atoms with Gasteiger partial charge in [-0.3, -0.25) is 4.79 Å². The lowest BCUT2D eigenvalue weighted by atomic mass is 10.2. The Bertz CT molecular complexity index is 583. The molecule has 1 aromatic heterocycles. The lowest BCUT2D eigenvalue weighted by Crippen LogP contribution is -2.30. The van der Waals surface area contributed by atoms with Crippen LogP contribution in [0.2, 0.25) is 0 Å². The predicted molar refractivity (Wildman–Crippen MR) is 78.3 cm³/mol. The molecule has 0 saturated heterocycles. The van der Waals surface area contributed by atoms with Gasteiger partial charge < -0.3 is 9.73 Å². The summed E-state index contributed by atoms with van der Waals surface area (Å²) in [5.41, 5.74) is 0.857. The fourth-order valence-electron chi connectivity index (χ4n) is 1.48. The molecule has 0 aliphatic carbocycles. The molecule has 2 aromatic rings. The van der Waals surface area contributed by atoms with Crippen molar-refractivity contribution in [3.8, 4) is 11.5 Å². The highest BCUT2D eigenvalue weighted by molar-refractivity contribution is 8.00. The Labute approximate surface area is 121 Å². The first kappa shape index (κ1) is 14.3. The molecule has 6 heteroatoms. The fourth-order valence-corrected chi connectivity index (χ4v) is 2.18. The molecular formula is C14H15N3O2S. The molecule has 1 N–H and O–H groups in total. The fraction of sp³-hybridized carbons (Fsp3) is 0.214. The van der Waals surface area contributed by atoms with E-state index >= 15 is 0 Å². The van der Waals surface area contributed by atoms with E-state index in [-0.39, 0.29) is 11.2 Å². The van der Waals surface area contributed by atoms with Crippen LogP contribution < -0.4 is 5.32 Å². The van der Waals surface area contributed by atoms with Gasteiger partial charge in [0.15, 0.2) is 0 Å². The summed E-state index contributed by atoms with van der Waals surface area (Å²) in [6, 6.07) is 9.50. The van der Waals surface area contributed by atoms with Gasteiger partial charge in [0.25, 0.3) is 5.22 Å². The number of carbonyl (C=O) groups excluding carboxylic acids is 1. The van der Waals surface area contributed by atoms with Gasteiger partial charge in [0, 0.05) is 12.1 Å². The van der Waals surface area contributed by atoms with Gasteiger partial charge in [-0.2, -0.15) is 0 Å². The third kappa shape index (κ3) is 3.71. The molecule has 0 saturated carbocycles. The molecule has 1 heterocycles. The summed E-state index contributed by atoms with van der Waals surface area (Å²) >= 11 is 1.23. The molecule has 0 unspecified atom stereocenters. The van der Waals surface area contributed by atoms with Crippen molar-refractivity contribution >= 4 is 17.7 Å². The van der Waals surface area contributed by atoms with E-state index in [9.17, 15) is 4.79 Å². The van der Waals surface area contributed by atoms with Gasteiger partial charge in [-0.25, -0.2) is 0 Å². The first-order valence-corrected chi connectivity index (χ1v) is 7.03. The van der Waals surface area contributed by atoms with Crippen molar-refractivity contribution in [2.75, 3.05) is 6.54 Å². The number of amides is 1. The number of nitrogens with zero attached hydrogens (tertiary/aromatic N) is 2. The molecule has 5 nitrogen and oxygen atoms in total. The van der Waals surface area contributed by atoms with E-state index in [0.717, 1.165) is 5.56 Å². The quantitative estimate of drug-likeness (QED) is 0.653. The zero-order chi connectivity index (χ0) is 14.4. The largest absolute Gasteiger partial charge is 0.411 e. The Morgan fingerprint density at radius 1 is 1.45 bits per heavy atom. The number of rotatable bonds is 6. The molecule has 1 atom stereocenters. The van der Waals surface area contributed by atoms with Crippen LogP contribution in [0.1, 0.15) is 6.92 Å². The van der Waals surface area contributed by atoms with E-state index in [0.29, 0.717) is 17.7 Å². The minimum Gasteiger partial charge on any atom is -0.411 e. The van der Waals surface area contributed by atoms with E-state index in [2.05, 4.69) is 22.1 Å².